The number of pyridine rings is 1. The molecule has 37 heteroatoms. The highest BCUT2D eigenvalue weighted by molar-refractivity contribution is 6.39. The highest BCUT2D eigenvalue weighted by Gasteiger charge is 2.53. The standard InChI is InChI=1S/C97H143N13O24/c1-64-16-12-11-13-17-65(2)81(119-8)58-77-23-19-70(7)97(118,134-77)90(114)94(115)109-30-15-14-18-79(109)95(116)132-82(59-78(105-107-99)66(3)53-69(6)88(113)89(121-10)87(112)68(5)52-64)67(4)54-71-21-24-80(83(56-71)120-9)133-96(117)101-29-33-123-35-37-125-39-41-127-43-45-129-47-49-131-51-50-130-48-46-128-44-42-126-40-38-124-36-34-122-32-27-84(111)108-31-26-73-55-72(20-22-75(73)62-108)61-110-93-85(91(98)103-63-104-93)86(106-110)76-57-74-25-28-100-92(74)102-60-76/h11-13,16-17,20,22,25,28,53,55,57,60,63-64,66-68,70-71,77-83,88-89,113,118H,14-15,18-19,21,23-24,26-27,29-52,54,56,58-59,61-62H2,1-10H3,(H,100,102)(H,101,117)(H2,98,103,104)/b13-11+,16-12+,65-17+,69-53+/t64-,66-,67-,68-,70-,71+,77+,78+,79+,80-,81+,82+,83-,88-,89+,97-/m1/s1. The van der Waals surface area contributed by atoms with Crippen molar-refractivity contribution in [2.45, 2.75) is 212 Å². The number of nitrogen functional groups attached to an aromatic ring is 1. The molecular formula is C97H143N13O24. The van der Waals surface area contributed by atoms with Gasteiger partial charge >= 0.3 is 12.1 Å². The number of azide groups is 1. The third-order valence-corrected chi connectivity index (χ3v) is 25.6. The fourth-order valence-corrected chi connectivity index (χ4v) is 17.9. The number of methoxy groups -OCH3 is 3. The molecule has 3 fully saturated rings. The van der Waals surface area contributed by atoms with Crippen molar-refractivity contribution < 1.29 is 115 Å². The Hall–Kier alpha value is -9.09. The second kappa shape index (κ2) is 56.6. The summed E-state index contributed by atoms with van der Waals surface area (Å²) in [5.74, 6) is -7.61. The van der Waals surface area contributed by atoms with Gasteiger partial charge in [0.05, 0.1) is 169 Å². The summed E-state index contributed by atoms with van der Waals surface area (Å²) in [5.41, 5.74) is 24.1. The van der Waals surface area contributed by atoms with Crippen LogP contribution in [0.5, 0.6) is 0 Å². The number of piperidine rings is 1. The second-order valence-corrected chi connectivity index (χ2v) is 35.4. The lowest BCUT2D eigenvalue weighted by Gasteiger charge is -2.43. The number of fused-ring (bicyclic) bond motifs is 6. The van der Waals surface area contributed by atoms with Crippen molar-refractivity contribution in [1.29, 1.82) is 0 Å². The molecular weight excluding hydrogens is 1730 g/mol. The maximum absolute atomic E-state index is 14.9. The summed E-state index contributed by atoms with van der Waals surface area (Å²) in [7, 11) is 4.51. The fraction of sp³-hybridized carbons (Fsp3) is 0.670. The Morgan fingerprint density at radius 1 is 0.716 bits per heavy atom. The summed E-state index contributed by atoms with van der Waals surface area (Å²) >= 11 is 0. The number of carbonyl (C=O) groups excluding carboxylic acids is 6. The molecule has 37 nitrogen and oxygen atoms in total. The van der Waals surface area contributed by atoms with Crippen molar-refractivity contribution in [3.05, 3.63) is 124 Å². The first-order chi connectivity index (χ1) is 64.9. The summed E-state index contributed by atoms with van der Waals surface area (Å²) in [4.78, 5) is 107. The Labute approximate surface area is 785 Å². The van der Waals surface area contributed by atoms with Gasteiger partial charge < -0.3 is 112 Å². The average molecular weight is 1880 g/mol. The number of nitrogens with one attached hydrogen (secondary N) is 2. The lowest BCUT2D eigenvalue weighted by molar-refractivity contribution is -0.265. The lowest BCUT2D eigenvalue weighted by Crippen LogP contribution is -2.61. The molecule has 740 valence electrons. The highest BCUT2D eigenvalue weighted by atomic mass is 16.6. The van der Waals surface area contributed by atoms with E-state index in [2.05, 4.69) is 53.5 Å². The average Bonchev–Trinajstić information content (AvgIpc) is 1.25. The number of aliphatic hydroxyl groups is 2. The van der Waals surface area contributed by atoms with Gasteiger partial charge in [0.25, 0.3) is 11.7 Å². The van der Waals surface area contributed by atoms with E-state index in [9.17, 15) is 44.5 Å². The van der Waals surface area contributed by atoms with Crippen molar-refractivity contribution >= 4 is 63.3 Å². The first-order valence-corrected chi connectivity index (χ1v) is 47.4. The normalized spacial score (nSPS) is 26.7. The van der Waals surface area contributed by atoms with Crippen LogP contribution >= 0.6 is 0 Å². The van der Waals surface area contributed by atoms with Crippen molar-refractivity contribution in [3.63, 3.8) is 0 Å². The molecule has 4 aliphatic heterocycles. The van der Waals surface area contributed by atoms with Crippen LogP contribution in [-0.4, -0.2) is 319 Å². The van der Waals surface area contributed by atoms with E-state index in [4.69, 9.17) is 86.6 Å². The molecule has 5 aromatic rings. The SMILES string of the molecule is CO[C@H]1C[C@@H]2CC[C@@H](C)[C@@](O)(O2)C(=O)C(=O)N2CCCC[C@H]2C(=O)O[C@H]([C@H](C)C[C@@H]2CC[C@@H](OC(=O)NCCOCCOCCOCCOCCOCCOCCOCCOCCOCCOCCC(=O)N3CCc4cc(Cn5nc(-c6cnc7[nH]ccc7c6)c6c(N)ncnc65)ccc4C3)[C@H](OC)C2)C[C@H](N=[N+]=[N-])[C@H](C)/C=C(\C)[C@@H](O)[C@@H](OC)C(=O)[C@H](C)C[C@H](C)/C=C/C=C/C=C/1C. The summed E-state index contributed by atoms with van der Waals surface area (Å²) in [5, 5.41) is 37.6. The molecule has 0 radical (unpaired) electrons. The number of rotatable bonds is 44. The number of benzene rings is 1. The molecule has 1 saturated carbocycles. The quantitative estimate of drug-likeness (QED) is 0.00460. The number of cyclic esters (lactones) is 1. The van der Waals surface area contributed by atoms with E-state index in [1.807, 2.05) is 92.9 Å². The number of Topliss-reactive ketones (excluding diaryl/α,β-unsaturated/α-hetero) is 2. The minimum absolute atomic E-state index is 0.00768. The van der Waals surface area contributed by atoms with Crippen LogP contribution in [0, 0.1) is 35.5 Å². The third kappa shape index (κ3) is 32.5. The van der Waals surface area contributed by atoms with Crippen molar-refractivity contribution in [1.82, 2.24) is 44.8 Å². The number of hydrogen-bond acceptors (Lipinski definition) is 30. The zero-order valence-corrected chi connectivity index (χ0v) is 79.7. The van der Waals surface area contributed by atoms with Crippen LogP contribution in [0.1, 0.15) is 149 Å². The number of hydrogen-bond donors (Lipinski definition) is 5. The number of allylic oxidation sites excluding steroid dienone is 5. The number of ketones is 2. The molecule has 3 amide bonds. The number of ether oxygens (including phenoxy) is 16. The summed E-state index contributed by atoms with van der Waals surface area (Å²) in [6.07, 6.45) is 16.0. The number of anilines is 1. The number of nitrogens with two attached hydrogens (primary N) is 1. The zero-order chi connectivity index (χ0) is 95.7. The van der Waals surface area contributed by atoms with Gasteiger partial charge in [0.1, 0.15) is 53.9 Å². The van der Waals surface area contributed by atoms with Gasteiger partial charge in [-0.1, -0.05) is 94.4 Å². The summed E-state index contributed by atoms with van der Waals surface area (Å²) in [6, 6.07) is 8.28. The van der Waals surface area contributed by atoms with E-state index in [1.54, 1.807) is 40.3 Å². The van der Waals surface area contributed by atoms with Crippen LogP contribution in [0.15, 0.2) is 102 Å². The van der Waals surface area contributed by atoms with Gasteiger partial charge in [-0.3, -0.25) is 19.2 Å². The summed E-state index contributed by atoms with van der Waals surface area (Å²) in [6.45, 7) is 22.3. The van der Waals surface area contributed by atoms with E-state index in [0.717, 1.165) is 39.7 Å². The molecule has 0 spiro atoms. The molecule has 2 saturated heterocycles. The molecule has 16 atom stereocenters. The molecule has 4 aromatic heterocycles. The molecule has 1 aromatic carbocycles. The van der Waals surface area contributed by atoms with Crippen LogP contribution in [0.25, 0.3) is 43.8 Å². The predicted octanol–water partition coefficient (Wildman–Crippen LogP) is 10.5. The first kappa shape index (κ1) is 107. The van der Waals surface area contributed by atoms with Crippen LogP contribution in [0.4, 0.5) is 10.6 Å². The molecule has 6 N–H and O–H groups in total. The number of esters is 1. The predicted molar refractivity (Wildman–Crippen MR) is 498 cm³/mol. The Bertz CT molecular complexity index is 4670. The number of aliphatic hydroxyl groups excluding tert-OH is 1. The maximum atomic E-state index is 14.9. The summed E-state index contributed by atoms with van der Waals surface area (Å²) < 4.78 is 94.4. The van der Waals surface area contributed by atoms with Gasteiger partial charge in [0, 0.05) is 100 Å². The number of aromatic nitrogens is 6. The number of H-pyrrole nitrogens is 1. The van der Waals surface area contributed by atoms with Gasteiger partial charge in [0.15, 0.2) is 11.4 Å². The van der Waals surface area contributed by atoms with E-state index >= 15 is 0 Å². The molecule has 134 heavy (non-hydrogen) atoms. The molecule has 8 heterocycles. The van der Waals surface area contributed by atoms with Gasteiger partial charge in [-0.05, 0) is 160 Å². The van der Waals surface area contributed by atoms with Crippen LogP contribution in [-0.2, 0) is 119 Å². The number of aromatic amines is 1. The van der Waals surface area contributed by atoms with Gasteiger partial charge in [-0.2, -0.15) is 5.10 Å². The van der Waals surface area contributed by atoms with Gasteiger partial charge in [-0.15, -0.1) is 0 Å². The lowest BCUT2D eigenvalue weighted by atomic mass is 9.78. The van der Waals surface area contributed by atoms with Gasteiger partial charge in [-0.25, -0.2) is 29.2 Å². The monoisotopic (exact) mass is 1870 g/mol. The van der Waals surface area contributed by atoms with Crippen LogP contribution in [0.2, 0.25) is 0 Å². The molecule has 10 rings (SSSR count). The van der Waals surface area contributed by atoms with Crippen molar-refractivity contribution in [2.24, 2.45) is 40.6 Å². The Morgan fingerprint density at radius 2 is 1.37 bits per heavy atom. The Kier molecular flexibility index (Phi) is 45.1. The number of carbonyl (C=O) groups is 6. The molecule has 0 unspecified atom stereocenters. The zero-order valence-electron chi connectivity index (χ0n) is 79.7. The highest BCUT2D eigenvalue weighted by Crippen LogP contribution is 2.40. The largest absolute Gasteiger partial charge is 0.461 e. The van der Waals surface area contributed by atoms with Crippen LogP contribution in [0.3, 0.4) is 0 Å². The van der Waals surface area contributed by atoms with Crippen molar-refractivity contribution in [2.75, 3.05) is 179 Å². The van der Waals surface area contributed by atoms with E-state index in [-0.39, 0.29) is 62.5 Å². The number of amides is 3. The van der Waals surface area contributed by atoms with E-state index in [0.29, 0.717) is 237 Å². The first-order valence-electron chi connectivity index (χ1n) is 47.4. The molecule has 1 aliphatic carbocycles. The smallest absolute Gasteiger partial charge is 0.407 e. The molecule has 5 aliphatic rings. The minimum atomic E-state index is -2.49. The fourth-order valence-electron chi connectivity index (χ4n) is 17.9. The topological polar surface area (TPSA) is 456 Å². The second-order valence-electron chi connectivity index (χ2n) is 35.4. The van der Waals surface area contributed by atoms with E-state index in [1.165, 1.54) is 23.9 Å². The number of alkyl carbamates (subject to hydrolysis) is 1. The molecule has 2 bridgehead atoms. The minimum Gasteiger partial charge on any atom is -0.461 e. The Morgan fingerprint density at radius 3 is 2.01 bits per heavy atom. The number of nitrogens with zero attached hydrogens (tertiary/aromatic N) is 10. The van der Waals surface area contributed by atoms with Crippen molar-refractivity contribution in [3.8, 4) is 11.3 Å². The van der Waals surface area contributed by atoms with Gasteiger partial charge in [0.2, 0.25) is 11.7 Å². The van der Waals surface area contributed by atoms with E-state index < -0.39 is 108 Å². The van der Waals surface area contributed by atoms with Crippen LogP contribution < -0.4 is 11.1 Å². The maximum Gasteiger partial charge on any atom is 0.407 e. The third-order valence-electron chi connectivity index (χ3n) is 25.6. The Balaban J connectivity index is 0.532.